The molecule has 1 unspecified atom stereocenters. The van der Waals surface area contributed by atoms with E-state index in [1.54, 1.807) is 23.7 Å². The average Bonchev–Trinajstić information content (AvgIpc) is 3.45. The van der Waals surface area contributed by atoms with Gasteiger partial charge in [0.1, 0.15) is 5.75 Å². The number of aliphatic hydroxyl groups is 1. The van der Waals surface area contributed by atoms with E-state index in [1.165, 1.54) is 22.3 Å². The monoisotopic (exact) mass is 460 g/mol. The van der Waals surface area contributed by atoms with Gasteiger partial charge < -0.3 is 9.84 Å². The molecule has 0 radical (unpaired) electrons. The van der Waals surface area contributed by atoms with E-state index < -0.39 is 23.5 Å². The molecular weight excluding hydrogens is 436 g/mol. The van der Waals surface area contributed by atoms with Gasteiger partial charge in [-0.3, -0.25) is 14.5 Å². The molecule has 1 amide bonds. The number of carbonyl (C=O) groups excluding carboxylic acids is 2. The molecule has 0 spiro atoms. The molecule has 0 saturated heterocycles. The van der Waals surface area contributed by atoms with E-state index in [4.69, 9.17) is 4.74 Å². The number of ketones is 1. The van der Waals surface area contributed by atoms with Gasteiger partial charge in [-0.15, -0.1) is 11.3 Å². The summed E-state index contributed by atoms with van der Waals surface area (Å²) in [4.78, 5) is 31.9. The van der Waals surface area contributed by atoms with Gasteiger partial charge in [0.15, 0.2) is 16.7 Å². The fourth-order valence-electron chi connectivity index (χ4n) is 3.64. The Morgan fingerprint density at radius 3 is 2.76 bits per heavy atom. The highest BCUT2D eigenvalue weighted by Gasteiger charge is 2.44. The van der Waals surface area contributed by atoms with Crippen LogP contribution >= 0.6 is 11.3 Å². The van der Waals surface area contributed by atoms with E-state index in [9.17, 15) is 14.7 Å². The zero-order valence-electron chi connectivity index (χ0n) is 18.2. The SMILES string of the molecule is CCCCOc1cccc(C2C(C(=O)C=Cc3ccccc3)=C(O)C(=O)N2c2nccs2)c1. The van der Waals surface area contributed by atoms with Crippen molar-refractivity contribution in [1.29, 1.82) is 0 Å². The maximum Gasteiger partial charge on any atom is 0.296 e. The summed E-state index contributed by atoms with van der Waals surface area (Å²) in [5.74, 6) is -1.00. The molecule has 0 saturated carbocycles. The number of aliphatic hydroxyl groups excluding tert-OH is 1. The second-order valence-electron chi connectivity index (χ2n) is 7.54. The Morgan fingerprint density at radius 2 is 2.03 bits per heavy atom. The number of benzene rings is 2. The first kappa shape index (κ1) is 22.5. The van der Waals surface area contributed by atoms with Crippen LogP contribution in [0.15, 0.2) is 83.6 Å². The lowest BCUT2D eigenvalue weighted by Crippen LogP contribution is -2.30. The number of allylic oxidation sites excluding steroid dienone is 1. The Hall–Kier alpha value is -3.71. The van der Waals surface area contributed by atoms with Crippen molar-refractivity contribution in [1.82, 2.24) is 4.98 Å². The first-order valence-corrected chi connectivity index (χ1v) is 11.6. The van der Waals surface area contributed by atoms with Crippen LogP contribution in [-0.2, 0) is 9.59 Å². The summed E-state index contributed by atoms with van der Waals surface area (Å²) in [7, 11) is 0. The summed E-state index contributed by atoms with van der Waals surface area (Å²) < 4.78 is 5.83. The van der Waals surface area contributed by atoms with Crippen molar-refractivity contribution in [2.24, 2.45) is 0 Å². The van der Waals surface area contributed by atoms with Crippen molar-refractivity contribution in [2.45, 2.75) is 25.8 Å². The van der Waals surface area contributed by atoms with Crippen molar-refractivity contribution in [2.75, 3.05) is 11.5 Å². The molecule has 3 aromatic rings. The number of aromatic nitrogens is 1. The summed E-state index contributed by atoms with van der Waals surface area (Å²) in [5, 5.41) is 12.9. The summed E-state index contributed by atoms with van der Waals surface area (Å²) in [5.41, 5.74) is 1.52. The minimum absolute atomic E-state index is 0.0214. The van der Waals surface area contributed by atoms with Crippen LogP contribution in [0.25, 0.3) is 6.08 Å². The Balaban J connectivity index is 1.72. The third kappa shape index (κ3) is 4.88. The number of amides is 1. The van der Waals surface area contributed by atoms with E-state index in [-0.39, 0.29) is 5.57 Å². The number of ether oxygens (including phenoxy) is 1. The van der Waals surface area contributed by atoms with E-state index in [0.29, 0.717) is 23.1 Å². The number of thiazole rings is 1. The second kappa shape index (κ2) is 10.3. The lowest BCUT2D eigenvalue weighted by atomic mass is 9.95. The van der Waals surface area contributed by atoms with Crippen LogP contribution in [0.2, 0.25) is 0 Å². The lowest BCUT2D eigenvalue weighted by Gasteiger charge is -2.24. The Bertz CT molecular complexity index is 1190. The van der Waals surface area contributed by atoms with E-state index >= 15 is 0 Å². The molecule has 168 valence electrons. The maximum atomic E-state index is 13.2. The largest absolute Gasteiger partial charge is 0.503 e. The molecule has 1 aliphatic heterocycles. The van der Waals surface area contributed by atoms with E-state index in [0.717, 1.165) is 18.4 Å². The van der Waals surface area contributed by atoms with Gasteiger partial charge in [0, 0.05) is 11.6 Å². The Morgan fingerprint density at radius 1 is 1.21 bits per heavy atom. The lowest BCUT2D eigenvalue weighted by molar-refractivity contribution is -0.117. The van der Waals surface area contributed by atoms with Gasteiger partial charge in [-0.05, 0) is 35.8 Å². The highest BCUT2D eigenvalue weighted by molar-refractivity contribution is 7.13. The fraction of sp³-hybridized carbons (Fsp3) is 0.192. The van der Waals surface area contributed by atoms with Crippen LogP contribution in [0.1, 0.15) is 36.9 Å². The third-order valence-electron chi connectivity index (χ3n) is 5.27. The molecule has 6 nitrogen and oxygen atoms in total. The number of rotatable bonds is 9. The van der Waals surface area contributed by atoms with Gasteiger partial charge in [0.2, 0.25) is 0 Å². The van der Waals surface area contributed by atoms with Crippen molar-refractivity contribution < 1.29 is 19.4 Å². The maximum absolute atomic E-state index is 13.2. The molecular formula is C26H24N2O4S. The quantitative estimate of drug-likeness (QED) is 0.337. The number of anilines is 1. The molecule has 0 fully saturated rings. The summed E-state index contributed by atoms with van der Waals surface area (Å²) in [6.45, 7) is 2.66. The number of nitrogens with zero attached hydrogens (tertiary/aromatic N) is 2. The van der Waals surface area contributed by atoms with Crippen molar-refractivity contribution in [3.63, 3.8) is 0 Å². The summed E-state index contributed by atoms with van der Waals surface area (Å²) in [6, 6.07) is 15.8. The number of unbranched alkanes of at least 4 members (excludes halogenated alkanes) is 1. The molecule has 4 rings (SSSR count). The fourth-order valence-corrected chi connectivity index (χ4v) is 4.31. The minimum atomic E-state index is -0.814. The molecule has 33 heavy (non-hydrogen) atoms. The second-order valence-corrected chi connectivity index (χ2v) is 8.41. The molecule has 1 atom stereocenters. The van der Waals surface area contributed by atoms with Crippen LogP contribution in [0.4, 0.5) is 5.13 Å². The highest BCUT2D eigenvalue weighted by Crippen LogP contribution is 2.42. The molecule has 2 aromatic carbocycles. The molecule has 0 aliphatic carbocycles. The van der Waals surface area contributed by atoms with E-state index in [1.807, 2.05) is 48.5 Å². The predicted molar refractivity (Wildman–Crippen MR) is 129 cm³/mol. The first-order valence-electron chi connectivity index (χ1n) is 10.8. The van der Waals surface area contributed by atoms with Crippen molar-refractivity contribution >= 4 is 34.2 Å². The van der Waals surface area contributed by atoms with Crippen LogP contribution in [0.5, 0.6) is 5.75 Å². The van der Waals surface area contributed by atoms with Gasteiger partial charge in [0.25, 0.3) is 5.91 Å². The standard InChI is InChI=1S/C26H24N2O4S/c1-2-3-15-32-20-11-7-10-19(17-20)23-22(21(29)13-12-18-8-5-4-6-9-18)24(30)25(31)28(23)26-27-14-16-33-26/h4-14,16-17,23,30H,2-3,15H2,1H3. The number of hydrogen-bond donors (Lipinski definition) is 1. The van der Waals surface area contributed by atoms with Crippen molar-refractivity contribution in [3.05, 3.63) is 94.7 Å². The number of carbonyl (C=O) groups is 2. The molecule has 2 heterocycles. The smallest absolute Gasteiger partial charge is 0.296 e. The highest BCUT2D eigenvalue weighted by atomic mass is 32.1. The van der Waals surface area contributed by atoms with Crippen LogP contribution in [0.3, 0.4) is 0 Å². The van der Waals surface area contributed by atoms with Gasteiger partial charge >= 0.3 is 0 Å². The summed E-state index contributed by atoms with van der Waals surface area (Å²) in [6.07, 6.45) is 6.57. The third-order valence-corrected chi connectivity index (χ3v) is 6.04. The van der Waals surface area contributed by atoms with Gasteiger partial charge in [0.05, 0.1) is 18.2 Å². The van der Waals surface area contributed by atoms with Crippen molar-refractivity contribution in [3.8, 4) is 5.75 Å². The van der Waals surface area contributed by atoms with Crippen LogP contribution in [0, 0.1) is 0 Å². The molecule has 1 N–H and O–H groups in total. The van der Waals surface area contributed by atoms with Crippen LogP contribution < -0.4 is 9.64 Å². The number of hydrogen-bond acceptors (Lipinski definition) is 6. The van der Waals surface area contributed by atoms with E-state index in [2.05, 4.69) is 11.9 Å². The predicted octanol–water partition coefficient (Wildman–Crippen LogP) is 5.50. The van der Waals surface area contributed by atoms with Gasteiger partial charge in [-0.2, -0.15) is 0 Å². The average molecular weight is 461 g/mol. The molecule has 0 bridgehead atoms. The van der Waals surface area contributed by atoms with Crippen LogP contribution in [-0.4, -0.2) is 28.4 Å². The Kier molecular flexibility index (Phi) is 7.00. The minimum Gasteiger partial charge on any atom is -0.503 e. The zero-order chi connectivity index (χ0) is 23.2. The normalized spacial score (nSPS) is 16.1. The molecule has 1 aliphatic rings. The molecule has 1 aromatic heterocycles. The Labute approximate surface area is 196 Å². The van der Waals surface area contributed by atoms with Gasteiger partial charge in [-0.1, -0.05) is 61.9 Å². The first-order chi connectivity index (χ1) is 16.1. The molecule has 7 heteroatoms. The summed E-state index contributed by atoms with van der Waals surface area (Å²) >= 11 is 1.27. The topological polar surface area (TPSA) is 79.7 Å². The van der Waals surface area contributed by atoms with Gasteiger partial charge in [-0.25, -0.2) is 4.98 Å². The zero-order valence-corrected chi connectivity index (χ0v) is 19.0.